The smallest absolute Gasteiger partial charge is 0.185 e. The second kappa shape index (κ2) is 11.1. The highest BCUT2D eigenvalue weighted by Crippen LogP contribution is 2.23. The Morgan fingerprint density at radius 1 is 1.03 bits per heavy atom. The number of halogens is 1. The van der Waals surface area contributed by atoms with Gasteiger partial charge in [-0.3, -0.25) is 4.79 Å². The standard InChI is InChI=1S/C30H28BrN3O2/c31-24-12-9-21(10-13-24)30(36)14-11-23-19-34(29-8-4-2-6-27(23)29)20-25(35)18-32-16-15-22-17-33-28-7-3-1-5-26(22)28/h1-14,17,19,25,32-33,35H,15-16,18,20H2/b14-11+/t25-/m0/s1. The van der Waals surface area contributed by atoms with Gasteiger partial charge in [-0.2, -0.15) is 0 Å². The van der Waals surface area contributed by atoms with Gasteiger partial charge in [-0.15, -0.1) is 0 Å². The first-order chi connectivity index (χ1) is 17.6. The summed E-state index contributed by atoms with van der Waals surface area (Å²) in [5, 5.41) is 16.4. The number of carbonyl (C=O) groups is 1. The molecule has 0 saturated carbocycles. The van der Waals surface area contributed by atoms with Crippen LogP contribution in [-0.4, -0.2) is 39.6 Å². The molecule has 0 aliphatic rings. The molecule has 0 saturated heterocycles. The number of aromatic amines is 1. The fourth-order valence-electron chi connectivity index (χ4n) is 4.56. The highest BCUT2D eigenvalue weighted by atomic mass is 79.9. The van der Waals surface area contributed by atoms with Crippen LogP contribution in [0.4, 0.5) is 0 Å². The molecule has 6 heteroatoms. The molecule has 0 fully saturated rings. The summed E-state index contributed by atoms with van der Waals surface area (Å²) >= 11 is 3.40. The van der Waals surface area contributed by atoms with Crippen LogP contribution in [0.5, 0.6) is 0 Å². The van der Waals surface area contributed by atoms with Gasteiger partial charge in [0, 0.05) is 62.9 Å². The third-order valence-corrected chi connectivity index (χ3v) is 6.92. The zero-order valence-electron chi connectivity index (χ0n) is 19.8. The van der Waals surface area contributed by atoms with Gasteiger partial charge in [0.1, 0.15) is 0 Å². The van der Waals surface area contributed by atoms with E-state index in [4.69, 9.17) is 0 Å². The molecule has 0 amide bonds. The van der Waals surface area contributed by atoms with Gasteiger partial charge >= 0.3 is 0 Å². The Kier molecular flexibility index (Phi) is 7.47. The van der Waals surface area contributed by atoms with Crippen molar-refractivity contribution in [3.63, 3.8) is 0 Å². The number of nitrogens with zero attached hydrogens (tertiary/aromatic N) is 1. The van der Waals surface area contributed by atoms with E-state index >= 15 is 0 Å². The minimum Gasteiger partial charge on any atom is -0.390 e. The van der Waals surface area contributed by atoms with Crippen LogP contribution in [0.3, 0.4) is 0 Å². The van der Waals surface area contributed by atoms with Crippen molar-refractivity contribution in [1.29, 1.82) is 0 Å². The molecule has 5 rings (SSSR count). The van der Waals surface area contributed by atoms with E-state index in [9.17, 15) is 9.90 Å². The quantitative estimate of drug-likeness (QED) is 0.116. The van der Waals surface area contributed by atoms with Crippen molar-refractivity contribution in [3.8, 4) is 0 Å². The summed E-state index contributed by atoms with van der Waals surface area (Å²) in [6.45, 7) is 1.76. The summed E-state index contributed by atoms with van der Waals surface area (Å²) in [6.07, 6.45) is 7.89. The summed E-state index contributed by atoms with van der Waals surface area (Å²) in [7, 11) is 0. The van der Waals surface area contributed by atoms with E-state index in [1.807, 2.05) is 66.9 Å². The Bertz CT molecular complexity index is 1510. The summed E-state index contributed by atoms with van der Waals surface area (Å²) in [5.74, 6) is -0.0428. The van der Waals surface area contributed by atoms with Gasteiger partial charge in [0.2, 0.25) is 0 Å². The number of benzene rings is 3. The Labute approximate surface area is 218 Å². The SMILES string of the molecule is O=C(/C=C/c1cn(C[C@@H](O)CNCCc2c[nH]c3ccccc23)c2ccccc12)c1ccc(Br)cc1. The fraction of sp³-hybridized carbons (Fsp3) is 0.167. The number of hydrogen-bond donors (Lipinski definition) is 3. The van der Waals surface area contributed by atoms with E-state index in [0.29, 0.717) is 18.7 Å². The van der Waals surface area contributed by atoms with Crippen molar-refractivity contribution < 1.29 is 9.90 Å². The third-order valence-electron chi connectivity index (χ3n) is 6.40. The second-order valence-corrected chi connectivity index (χ2v) is 9.84. The molecule has 5 nitrogen and oxygen atoms in total. The number of nitrogens with one attached hydrogen (secondary N) is 2. The topological polar surface area (TPSA) is 70.1 Å². The number of aliphatic hydroxyl groups excluding tert-OH is 1. The molecule has 0 aliphatic carbocycles. The predicted molar refractivity (Wildman–Crippen MR) is 150 cm³/mol. The zero-order valence-corrected chi connectivity index (χ0v) is 21.4. The van der Waals surface area contributed by atoms with Crippen LogP contribution in [0.15, 0.2) is 95.7 Å². The number of rotatable bonds is 10. The number of para-hydroxylation sites is 2. The van der Waals surface area contributed by atoms with E-state index in [1.54, 1.807) is 6.08 Å². The summed E-state index contributed by atoms with van der Waals surface area (Å²) in [5.41, 5.74) is 5.06. The number of carbonyl (C=O) groups excluding carboxylic acids is 1. The maximum absolute atomic E-state index is 12.6. The van der Waals surface area contributed by atoms with Crippen molar-refractivity contribution in [2.75, 3.05) is 13.1 Å². The number of aliphatic hydroxyl groups is 1. The van der Waals surface area contributed by atoms with Gasteiger partial charge in [-0.05, 0) is 67.1 Å². The average Bonchev–Trinajstić information content (AvgIpc) is 3.47. The van der Waals surface area contributed by atoms with Gasteiger partial charge in [0.05, 0.1) is 6.10 Å². The molecule has 0 radical (unpaired) electrons. The lowest BCUT2D eigenvalue weighted by Gasteiger charge is -2.13. The van der Waals surface area contributed by atoms with Crippen molar-refractivity contribution in [1.82, 2.24) is 14.9 Å². The number of aromatic nitrogens is 2. The molecule has 0 unspecified atom stereocenters. The van der Waals surface area contributed by atoms with Crippen LogP contribution in [0.1, 0.15) is 21.5 Å². The van der Waals surface area contributed by atoms with Crippen LogP contribution >= 0.6 is 15.9 Å². The highest BCUT2D eigenvalue weighted by molar-refractivity contribution is 9.10. The lowest BCUT2D eigenvalue weighted by molar-refractivity contribution is 0.104. The van der Waals surface area contributed by atoms with Crippen LogP contribution in [0, 0.1) is 0 Å². The first-order valence-corrected chi connectivity index (χ1v) is 12.9. The number of hydrogen-bond acceptors (Lipinski definition) is 3. The summed E-state index contributed by atoms with van der Waals surface area (Å²) in [6, 6.07) is 23.7. The molecular weight excluding hydrogens is 514 g/mol. The lowest BCUT2D eigenvalue weighted by atomic mass is 10.1. The molecule has 0 spiro atoms. The summed E-state index contributed by atoms with van der Waals surface area (Å²) in [4.78, 5) is 15.9. The molecule has 36 heavy (non-hydrogen) atoms. The van der Waals surface area contributed by atoms with Crippen molar-refractivity contribution >= 4 is 49.6 Å². The Hall–Kier alpha value is -3.45. The Morgan fingerprint density at radius 3 is 2.61 bits per heavy atom. The molecular formula is C30H28BrN3O2. The molecule has 1 atom stereocenters. The van der Waals surface area contributed by atoms with Crippen molar-refractivity contribution in [2.24, 2.45) is 0 Å². The minimum absolute atomic E-state index is 0.0428. The van der Waals surface area contributed by atoms with E-state index in [-0.39, 0.29) is 5.78 Å². The fourth-order valence-corrected chi connectivity index (χ4v) is 4.82. The van der Waals surface area contributed by atoms with Gasteiger partial charge < -0.3 is 20.0 Å². The second-order valence-electron chi connectivity index (χ2n) is 8.93. The molecule has 2 aromatic heterocycles. The maximum Gasteiger partial charge on any atom is 0.185 e. The first kappa shape index (κ1) is 24.3. The van der Waals surface area contributed by atoms with Crippen molar-refractivity contribution in [2.45, 2.75) is 19.1 Å². The van der Waals surface area contributed by atoms with E-state index in [2.05, 4.69) is 55.2 Å². The van der Waals surface area contributed by atoms with Gasteiger partial charge in [-0.1, -0.05) is 52.3 Å². The third kappa shape index (κ3) is 5.51. The molecule has 0 bridgehead atoms. The average molecular weight is 542 g/mol. The van der Waals surface area contributed by atoms with Gasteiger partial charge in [0.25, 0.3) is 0 Å². The van der Waals surface area contributed by atoms with Crippen LogP contribution < -0.4 is 5.32 Å². The molecule has 182 valence electrons. The number of ketones is 1. The minimum atomic E-state index is -0.537. The number of allylic oxidation sites excluding steroid dienone is 1. The maximum atomic E-state index is 12.6. The van der Waals surface area contributed by atoms with E-state index in [0.717, 1.165) is 39.4 Å². The largest absolute Gasteiger partial charge is 0.390 e. The normalized spacial score (nSPS) is 12.6. The number of H-pyrrole nitrogens is 1. The van der Waals surface area contributed by atoms with Crippen LogP contribution in [-0.2, 0) is 13.0 Å². The monoisotopic (exact) mass is 541 g/mol. The molecule has 3 N–H and O–H groups in total. The molecule has 3 aromatic carbocycles. The van der Waals surface area contributed by atoms with E-state index < -0.39 is 6.10 Å². The van der Waals surface area contributed by atoms with Crippen LogP contribution in [0.2, 0.25) is 0 Å². The summed E-state index contributed by atoms with van der Waals surface area (Å²) < 4.78 is 3.00. The first-order valence-electron chi connectivity index (χ1n) is 12.1. The molecule has 2 heterocycles. The van der Waals surface area contributed by atoms with Crippen LogP contribution in [0.25, 0.3) is 27.9 Å². The van der Waals surface area contributed by atoms with Gasteiger partial charge in [-0.25, -0.2) is 0 Å². The van der Waals surface area contributed by atoms with Crippen molar-refractivity contribution in [3.05, 3.63) is 112 Å². The van der Waals surface area contributed by atoms with Gasteiger partial charge in [0.15, 0.2) is 5.78 Å². The zero-order chi connectivity index (χ0) is 24.9. The van der Waals surface area contributed by atoms with E-state index in [1.165, 1.54) is 10.9 Å². The molecule has 5 aromatic rings. The number of fused-ring (bicyclic) bond motifs is 2. The highest BCUT2D eigenvalue weighted by Gasteiger charge is 2.11. The predicted octanol–water partition coefficient (Wildman–Crippen LogP) is 5.97. The molecule has 0 aliphatic heterocycles. The lowest BCUT2D eigenvalue weighted by Crippen LogP contribution is -2.31. The Balaban J connectivity index is 1.21. The Morgan fingerprint density at radius 2 is 1.78 bits per heavy atom.